The van der Waals surface area contributed by atoms with E-state index in [1.54, 1.807) is 11.8 Å². The zero-order valence-corrected chi connectivity index (χ0v) is 13.2. The van der Waals surface area contributed by atoms with Crippen molar-refractivity contribution < 1.29 is 13.2 Å². The lowest BCUT2D eigenvalue weighted by Gasteiger charge is -2.22. The van der Waals surface area contributed by atoms with Crippen molar-refractivity contribution in [3.8, 4) is 0 Å². The van der Waals surface area contributed by atoms with E-state index in [1.807, 2.05) is 0 Å². The van der Waals surface area contributed by atoms with Gasteiger partial charge in [-0.15, -0.1) is 0 Å². The molecule has 1 unspecified atom stereocenters. The third kappa shape index (κ3) is 3.87. The van der Waals surface area contributed by atoms with Gasteiger partial charge >= 0.3 is 0 Å². The highest BCUT2D eigenvalue weighted by molar-refractivity contribution is 7.89. The molecule has 21 heavy (non-hydrogen) atoms. The van der Waals surface area contributed by atoms with Crippen LogP contribution in [-0.4, -0.2) is 38.4 Å². The Bertz CT molecular complexity index is 648. The van der Waals surface area contributed by atoms with Crippen molar-refractivity contribution in [2.45, 2.75) is 30.7 Å². The molecule has 2 rings (SSSR count). The van der Waals surface area contributed by atoms with Crippen LogP contribution in [0.3, 0.4) is 0 Å². The van der Waals surface area contributed by atoms with Crippen LogP contribution in [0.2, 0.25) is 5.02 Å². The lowest BCUT2D eigenvalue weighted by molar-refractivity contribution is -0.127. The van der Waals surface area contributed by atoms with Gasteiger partial charge in [0.25, 0.3) is 0 Å². The van der Waals surface area contributed by atoms with Crippen molar-refractivity contribution in [3.05, 3.63) is 23.2 Å². The summed E-state index contributed by atoms with van der Waals surface area (Å²) >= 11 is 5.76. The molecule has 1 fully saturated rings. The summed E-state index contributed by atoms with van der Waals surface area (Å²) < 4.78 is 27.1. The van der Waals surface area contributed by atoms with Crippen molar-refractivity contribution in [1.82, 2.24) is 9.62 Å². The molecule has 0 aliphatic carbocycles. The fourth-order valence-corrected chi connectivity index (χ4v) is 3.89. The number of anilines is 1. The summed E-state index contributed by atoms with van der Waals surface area (Å²) in [6.45, 7) is 2.74. The number of nitrogens with one attached hydrogen (secondary N) is 1. The van der Waals surface area contributed by atoms with Crippen LogP contribution in [0.5, 0.6) is 0 Å². The molecule has 8 heteroatoms. The Kier molecular flexibility index (Phi) is 4.75. The maximum Gasteiger partial charge on any atom is 0.242 e. The molecule has 1 aliphatic heterocycles. The minimum absolute atomic E-state index is 0.00787. The van der Waals surface area contributed by atoms with Crippen LogP contribution in [-0.2, 0) is 14.8 Å². The molecule has 1 atom stereocenters. The minimum Gasteiger partial charge on any atom is -0.398 e. The van der Waals surface area contributed by atoms with E-state index in [9.17, 15) is 13.2 Å². The molecule has 0 bridgehead atoms. The fourth-order valence-electron chi connectivity index (χ4n) is 2.36. The van der Waals surface area contributed by atoms with Crippen LogP contribution in [0.25, 0.3) is 0 Å². The van der Waals surface area contributed by atoms with Gasteiger partial charge in [-0.05, 0) is 31.5 Å². The summed E-state index contributed by atoms with van der Waals surface area (Å²) in [5.41, 5.74) is 5.80. The Morgan fingerprint density at radius 1 is 1.48 bits per heavy atom. The summed E-state index contributed by atoms with van der Waals surface area (Å²) in [6, 6.07) is 3.84. The Hall–Kier alpha value is -1.31. The monoisotopic (exact) mass is 331 g/mol. The number of nitrogen functional groups attached to an aromatic ring is 1. The molecule has 6 nitrogen and oxygen atoms in total. The largest absolute Gasteiger partial charge is 0.398 e. The van der Waals surface area contributed by atoms with Gasteiger partial charge in [0.1, 0.15) is 4.90 Å². The number of carbonyl (C=O) groups excluding carboxylic acids is 1. The highest BCUT2D eigenvalue weighted by Gasteiger charge is 2.25. The second-order valence-corrected chi connectivity index (χ2v) is 7.27. The maximum atomic E-state index is 12.3. The first-order valence-electron chi connectivity index (χ1n) is 6.65. The molecule has 116 valence electrons. The number of amides is 1. The first-order valence-corrected chi connectivity index (χ1v) is 8.51. The molecule has 1 heterocycles. The number of halogens is 1. The summed E-state index contributed by atoms with van der Waals surface area (Å²) in [5, 5.41) is 0.377. The molecule has 0 radical (unpaired) electrons. The molecule has 0 saturated carbocycles. The number of likely N-dealkylation sites (tertiary alicyclic amines) is 1. The van der Waals surface area contributed by atoms with Crippen molar-refractivity contribution in [1.29, 1.82) is 0 Å². The van der Waals surface area contributed by atoms with E-state index >= 15 is 0 Å². The summed E-state index contributed by atoms with van der Waals surface area (Å²) in [6.07, 6.45) is 1.35. The number of nitrogens with zero attached hydrogens (tertiary/aromatic N) is 1. The van der Waals surface area contributed by atoms with E-state index < -0.39 is 16.1 Å². The summed E-state index contributed by atoms with van der Waals surface area (Å²) in [4.78, 5) is 13.2. The van der Waals surface area contributed by atoms with Gasteiger partial charge in [-0.3, -0.25) is 4.79 Å². The van der Waals surface area contributed by atoms with Crippen LogP contribution in [0, 0.1) is 0 Å². The maximum absolute atomic E-state index is 12.3. The number of hydrogen-bond acceptors (Lipinski definition) is 4. The SMILES string of the molecule is CC(CN1CCCC1=O)NS(=O)(=O)c1ccc(Cl)cc1N. The normalized spacial score (nSPS) is 17.2. The van der Waals surface area contributed by atoms with E-state index in [1.165, 1.54) is 18.2 Å². The Morgan fingerprint density at radius 3 is 2.76 bits per heavy atom. The molecule has 0 spiro atoms. The smallest absolute Gasteiger partial charge is 0.242 e. The van der Waals surface area contributed by atoms with Crippen LogP contribution in [0.1, 0.15) is 19.8 Å². The lowest BCUT2D eigenvalue weighted by Crippen LogP contribution is -2.42. The van der Waals surface area contributed by atoms with Gasteiger partial charge in [-0.2, -0.15) is 0 Å². The van der Waals surface area contributed by atoms with Gasteiger partial charge in [0.05, 0.1) is 5.69 Å². The molecule has 1 aliphatic rings. The van der Waals surface area contributed by atoms with Gasteiger partial charge in [0.2, 0.25) is 15.9 Å². The second-order valence-electron chi connectivity index (χ2n) is 5.15. The van der Waals surface area contributed by atoms with E-state index in [0.717, 1.165) is 6.42 Å². The topological polar surface area (TPSA) is 92.5 Å². The fraction of sp³-hybridized carbons (Fsp3) is 0.462. The van der Waals surface area contributed by atoms with E-state index in [2.05, 4.69) is 4.72 Å². The number of sulfonamides is 1. The molecule has 1 aromatic rings. The standard InChI is InChI=1S/C13H18ClN3O3S/c1-9(8-17-6-2-3-13(17)18)16-21(19,20)12-5-4-10(14)7-11(12)15/h4-5,7,9,16H,2-3,6,8,15H2,1H3. The van der Waals surface area contributed by atoms with E-state index in [0.29, 0.717) is 24.5 Å². The molecular formula is C13H18ClN3O3S. The van der Waals surface area contributed by atoms with Crippen molar-refractivity contribution in [2.24, 2.45) is 0 Å². The van der Waals surface area contributed by atoms with Crippen molar-refractivity contribution in [3.63, 3.8) is 0 Å². The van der Waals surface area contributed by atoms with E-state index in [4.69, 9.17) is 17.3 Å². The number of carbonyl (C=O) groups is 1. The summed E-state index contributed by atoms with van der Waals surface area (Å²) in [7, 11) is -3.74. The predicted octanol–water partition coefficient (Wildman–Crippen LogP) is 1.21. The number of benzene rings is 1. The molecule has 1 saturated heterocycles. The van der Waals surface area contributed by atoms with Gasteiger partial charge in [-0.25, -0.2) is 13.1 Å². The highest BCUT2D eigenvalue weighted by Crippen LogP contribution is 2.22. The second kappa shape index (κ2) is 6.21. The van der Waals surface area contributed by atoms with Crippen LogP contribution in [0.4, 0.5) is 5.69 Å². The van der Waals surface area contributed by atoms with Crippen LogP contribution >= 0.6 is 11.6 Å². The number of nitrogens with two attached hydrogens (primary N) is 1. The molecule has 1 amide bonds. The lowest BCUT2D eigenvalue weighted by atomic mass is 10.3. The van der Waals surface area contributed by atoms with Gasteiger partial charge in [0, 0.05) is 30.6 Å². The zero-order chi connectivity index (χ0) is 15.6. The Balaban J connectivity index is 2.08. The van der Waals surface area contributed by atoms with Gasteiger partial charge in [-0.1, -0.05) is 11.6 Å². The van der Waals surface area contributed by atoms with Gasteiger partial charge in [0.15, 0.2) is 0 Å². The van der Waals surface area contributed by atoms with E-state index in [-0.39, 0.29) is 16.5 Å². The molecule has 3 N–H and O–H groups in total. The average Bonchev–Trinajstić information content (AvgIpc) is 2.73. The molecule has 0 aromatic heterocycles. The Labute approximate surface area is 129 Å². The van der Waals surface area contributed by atoms with Crippen LogP contribution in [0.15, 0.2) is 23.1 Å². The highest BCUT2D eigenvalue weighted by atomic mass is 35.5. The number of rotatable bonds is 5. The van der Waals surface area contributed by atoms with Crippen molar-refractivity contribution in [2.75, 3.05) is 18.8 Å². The predicted molar refractivity (Wildman–Crippen MR) is 81.5 cm³/mol. The summed E-state index contributed by atoms with van der Waals surface area (Å²) in [5.74, 6) is 0.0621. The molecular weight excluding hydrogens is 314 g/mol. The quantitative estimate of drug-likeness (QED) is 0.793. The van der Waals surface area contributed by atoms with Crippen molar-refractivity contribution >= 4 is 33.2 Å². The zero-order valence-electron chi connectivity index (χ0n) is 11.7. The van der Waals surface area contributed by atoms with Crippen LogP contribution < -0.4 is 10.5 Å². The average molecular weight is 332 g/mol. The molecule has 1 aromatic carbocycles. The minimum atomic E-state index is -3.74. The van der Waals surface area contributed by atoms with Gasteiger partial charge < -0.3 is 10.6 Å². The number of hydrogen-bond donors (Lipinski definition) is 2. The third-order valence-corrected chi connectivity index (χ3v) is 5.18. The Morgan fingerprint density at radius 2 is 2.19 bits per heavy atom. The first kappa shape index (κ1) is 16.1. The first-order chi connectivity index (χ1) is 9.79. The third-order valence-electron chi connectivity index (χ3n) is 3.28.